The standard InChI is InChI=1S/C18H23F3N4O3/c1-16(2,3)28-15(27)24-6-4-17(5-7-24)8-13(26)25(11-17)12-9-22-14(23-10-12)18(19,20)21/h9-10H,4-8,11H2,1-3H3. The number of nitrogens with zero attached hydrogens (tertiary/aromatic N) is 4. The Morgan fingerprint density at radius 3 is 2.21 bits per heavy atom. The number of amides is 2. The van der Waals surface area contributed by atoms with Crippen molar-refractivity contribution in [3.8, 4) is 0 Å². The highest BCUT2D eigenvalue weighted by atomic mass is 19.4. The lowest BCUT2D eigenvalue weighted by Gasteiger charge is -2.39. The Hall–Kier alpha value is -2.39. The monoisotopic (exact) mass is 400 g/mol. The van der Waals surface area contributed by atoms with Crippen LogP contribution in [0.5, 0.6) is 0 Å². The topological polar surface area (TPSA) is 75.6 Å². The van der Waals surface area contributed by atoms with E-state index in [2.05, 4.69) is 9.97 Å². The van der Waals surface area contributed by atoms with Gasteiger partial charge in [0.25, 0.3) is 0 Å². The van der Waals surface area contributed by atoms with Crippen LogP contribution < -0.4 is 4.90 Å². The first kappa shape index (κ1) is 20.3. The van der Waals surface area contributed by atoms with E-state index in [0.29, 0.717) is 32.5 Å². The van der Waals surface area contributed by atoms with Gasteiger partial charge in [-0.25, -0.2) is 14.8 Å². The van der Waals surface area contributed by atoms with Crippen LogP contribution in [-0.4, -0.2) is 52.1 Å². The Balaban J connectivity index is 1.64. The first-order valence-corrected chi connectivity index (χ1v) is 9.06. The molecule has 1 spiro atoms. The van der Waals surface area contributed by atoms with E-state index < -0.39 is 17.6 Å². The lowest BCUT2D eigenvalue weighted by Crippen LogP contribution is -2.46. The van der Waals surface area contributed by atoms with Gasteiger partial charge in [0.2, 0.25) is 11.7 Å². The molecule has 2 aliphatic rings. The second-order valence-electron chi connectivity index (χ2n) is 8.39. The van der Waals surface area contributed by atoms with E-state index in [9.17, 15) is 22.8 Å². The summed E-state index contributed by atoms with van der Waals surface area (Å²) in [5.74, 6) is -1.41. The summed E-state index contributed by atoms with van der Waals surface area (Å²) in [5.41, 5.74) is -0.628. The van der Waals surface area contributed by atoms with Crippen LogP contribution in [0.3, 0.4) is 0 Å². The zero-order valence-corrected chi connectivity index (χ0v) is 16.0. The van der Waals surface area contributed by atoms with Crippen LogP contribution in [0.2, 0.25) is 0 Å². The van der Waals surface area contributed by atoms with Crippen molar-refractivity contribution in [3.05, 3.63) is 18.2 Å². The predicted octanol–water partition coefficient (Wildman–Crippen LogP) is 3.25. The largest absolute Gasteiger partial charge is 0.451 e. The van der Waals surface area contributed by atoms with E-state index in [1.165, 1.54) is 4.90 Å². The Labute approximate surface area is 160 Å². The third-order valence-corrected chi connectivity index (χ3v) is 5.00. The van der Waals surface area contributed by atoms with Gasteiger partial charge in [0.15, 0.2) is 0 Å². The van der Waals surface area contributed by atoms with Gasteiger partial charge in [-0.15, -0.1) is 0 Å². The number of likely N-dealkylation sites (tertiary alicyclic amines) is 1. The maximum atomic E-state index is 12.6. The number of ether oxygens (including phenoxy) is 1. The van der Waals surface area contributed by atoms with E-state index in [1.54, 1.807) is 25.7 Å². The van der Waals surface area contributed by atoms with Crippen molar-refractivity contribution >= 4 is 17.7 Å². The minimum atomic E-state index is -4.62. The van der Waals surface area contributed by atoms with Gasteiger partial charge in [0, 0.05) is 31.5 Å². The lowest BCUT2D eigenvalue weighted by molar-refractivity contribution is -0.145. The molecule has 0 bridgehead atoms. The molecule has 1 aromatic heterocycles. The molecule has 3 rings (SSSR count). The summed E-state index contributed by atoms with van der Waals surface area (Å²) in [6.07, 6.45) is -1.41. The summed E-state index contributed by atoms with van der Waals surface area (Å²) in [5, 5.41) is 0. The van der Waals surface area contributed by atoms with Crippen LogP contribution >= 0.6 is 0 Å². The second-order valence-corrected chi connectivity index (χ2v) is 8.39. The molecule has 2 saturated heterocycles. The highest BCUT2D eigenvalue weighted by Crippen LogP contribution is 2.42. The molecule has 0 N–H and O–H groups in total. The maximum Gasteiger partial charge on any atom is 0.451 e. The van der Waals surface area contributed by atoms with Gasteiger partial charge in [-0.05, 0) is 33.6 Å². The number of carbonyl (C=O) groups excluding carboxylic acids is 2. The summed E-state index contributed by atoms with van der Waals surface area (Å²) in [6, 6.07) is 0. The van der Waals surface area contributed by atoms with E-state index in [1.807, 2.05) is 0 Å². The summed E-state index contributed by atoms with van der Waals surface area (Å²) in [6.45, 7) is 6.73. The van der Waals surface area contributed by atoms with Crippen molar-refractivity contribution in [2.75, 3.05) is 24.5 Å². The van der Waals surface area contributed by atoms with Gasteiger partial charge in [-0.2, -0.15) is 13.2 Å². The molecule has 0 atom stereocenters. The predicted molar refractivity (Wildman–Crippen MR) is 93.5 cm³/mol. The Bertz CT molecular complexity index is 751. The summed E-state index contributed by atoms with van der Waals surface area (Å²) in [7, 11) is 0. The van der Waals surface area contributed by atoms with E-state index in [4.69, 9.17) is 4.74 Å². The molecule has 0 saturated carbocycles. The summed E-state index contributed by atoms with van der Waals surface area (Å²) < 4.78 is 43.2. The van der Waals surface area contributed by atoms with Gasteiger partial charge in [-0.3, -0.25) is 4.79 Å². The molecule has 0 unspecified atom stereocenters. The zero-order valence-electron chi connectivity index (χ0n) is 16.0. The molecule has 3 heterocycles. The molecule has 2 aliphatic heterocycles. The average Bonchev–Trinajstić information content (AvgIpc) is 2.89. The van der Waals surface area contributed by atoms with Crippen LogP contribution in [0.15, 0.2) is 12.4 Å². The molecule has 2 fully saturated rings. The van der Waals surface area contributed by atoms with Crippen molar-refractivity contribution in [2.24, 2.45) is 5.41 Å². The van der Waals surface area contributed by atoms with Gasteiger partial charge in [0.05, 0.1) is 18.1 Å². The Morgan fingerprint density at radius 1 is 1.14 bits per heavy atom. The molecule has 1 aromatic rings. The first-order valence-electron chi connectivity index (χ1n) is 9.06. The number of halogens is 3. The number of aromatic nitrogens is 2. The third-order valence-electron chi connectivity index (χ3n) is 5.00. The average molecular weight is 400 g/mol. The van der Waals surface area contributed by atoms with Crippen molar-refractivity contribution in [1.82, 2.24) is 14.9 Å². The van der Waals surface area contributed by atoms with Crippen LogP contribution in [0.1, 0.15) is 45.9 Å². The highest BCUT2D eigenvalue weighted by Gasteiger charge is 2.46. The quantitative estimate of drug-likeness (QED) is 0.723. The minimum absolute atomic E-state index is 0.172. The van der Waals surface area contributed by atoms with E-state index in [0.717, 1.165) is 12.4 Å². The normalized spacial score (nSPS) is 20.0. The second kappa shape index (κ2) is 6.89. The fraction of sp³-hybridized carbons (Fsp3) is 0.667. The first-order chi connectivity index (χ1) is 12.9. The van der Waals surface area contributed by atoms with Crippen molar-refractivity contribution in [2.45, 2.75) is 51.8 Å². The number of rotatable bonds is 1. The molecule has 154 valence electrons. The van der Waals surface area contributed by atoms with Gasteiger partial charge >= 0.3 is 12.3 Å². The van der Waals surface area contributed by atoms with Crippen molar-refractivity contribution in [1.29, 1.82) is 0 Å². The molecule has 2 amide bonds. The fourth-order valence-corrected chi connectivity index (χ4v) is 3.56. The van der Waals surface area contributed by atoms with Crippen LogP contribution in [0.25, 0.3) is 0 Å². The Morgan fingerprint density at radius 2 is 1.71 bits per heavy atom. The molecule has 0 aromatic carbocycles. The number of anilines is 1. The number of hydrogen-bond acceptors (Lipinski definition) is 5. The minimum Gasteiger partial charge on any atom is -0.444 e. The SMILES string of the molecule is CC(C)(C)OC(=O)N1CCC2(CC1)CC(=O)N(c1cnc(C(F)(F)F)nc1)C2. The van der Waals surface area contributed by atoms with Crippen molar-refractivity contribution in [3.63, 3.8) is 0 Å². The van der Waals surface area contributed by atoms with E-state index in [-0.39, 0.29) is 29.5 Å². The van der Waals surface area contributed by atoms with E-state index >= 15 is 0 Å². The molecule has 10 heteroatoms. The fourth-order valence-electron chi connectivity index (χ4n) is 3.56. The summed E-state index contributed by atoms with van der Waals surface area (Å²) in [4.78, 5) is 34.4. The van der Waals surface area contributed by atoms with Crippen LogP contribution in [0, 0.1) is 5.41 Å². The third kappa shape index (κ3) is 4.36. The molecular weight excluding hydrogens is 377 g/mol. The number of hydrogen-bond donors (Lipinski definition) is 0. The highest BCUT2D eigenvalue weighted by molar-refractivity contribution is 5.96. The molecule has 7 nitrogen and oxygen atoms in total. The Kier molecular flexibility index (Phi) is 5.01. The smallest absolute Gasteiger partial charge is 0.444 e. The van der Waals surface area contributed by atoms with Gasteiger partial charge in [-0.1, -0.05) is 0 Å². The van der Waals surface area contributed by atoms with Gasteiger partial charge in [0.1, 0.15) is 5.60 Å². The molecule has 0 radical (unpaired) electrons. The van der Waals surface area contributed by atoms with Crippen LogP contribution in [0.4, 0.5) is 23.7 Å². The number of alkyl halides is 3. The zero-order chi connectivity index (χ0) is 20.7. The van der Waals surface area contributed by atoms with Crippen LogP contribution in [-0.2, 0) is 15.7 Å². The maximum absolute atomic E-state index is 12.6. The van der Waals surface area contributed by atoms with Gasteiger partial charge < -0.3 is 14.5 Å². The molecule has 28 heavy (non-hydrogen) atoms. The number of carbonyl (C=O) groups is 2. The lowest BCUT2D eigenvalue weighted by atomic mass is 9.78. The molecular formula is C18H23F3N4O3. The van der Waals surface area contributed by atoms with Crippen molar-refractivity contribution < 1.29 is 27.5 Å². The summed E-state index contributed by atoms with van der Waals surface area (Å²) >= 11 is 0. The molecule has 0 aliphatic carbocycles. The number of piperidine rings is 1.